The number of nitrogens with one attached hydrogen (secondary N) is 1. The van der Waals surface area contributed by atoms with Crippen LogP contribution in [-0.2, 0) is 0 Å². The smallest absolute Gasteiger partial charge is 0.155 e. The Kier molecular flexibility index (Phi) is 2.86. The maximum Gasteiger partial charge on any atom is 0.155 e. The zero-order chi connectivity index (χ0) is 8.10. The fourth-order valence-electron chi connectivity index (χ4n) is 0.698. The van der Waals surface area contributed by atoms with Crippen molar-refractivity contribution in [3.63, 3.8) is 0 Å². The summed E-state index contributed by atoms with van der Waals surface area (Å²) in [4.78, 5) is 5.00. The van der Waals surface area contributed by atoms with Crippen LogP contribution in [0.2, 0.25) is 0 Å². The summed E-state index contributed by atoms with van der Waals surface area (Å²) >= 11 is 4.52. The minimum absolute atomic E-state index is 0.761. The van der Waals surface area contributed by atoms with Crippen molar-refractivity contribution in [1.82, 2.24) is 5.48 Å². The normalized spacial score (nSPS) is 8.82. The lowest BCUT2D eigenvalue weighted by Crippen LogP contribution is -2.13. The summed E-state index contributed by atoms with van der Waals surface area (Å²) in [6.07, 6.45) is 0. The molecule has 0 radical (unpaired) electrons. The summed E-state index contributed by atoms with van der Waals surface area (Å²) in [5.74, 6) is 0.761. The van der Waals surface area contributed by atoms with Gasteiger partial charge in [-0.2, -0.15) is 0 Å². The van der Waals surface area contributed by atoms with Crippen molar-refractivity contribution in [2.75, 3.05) is 0 Å². The van der Waals surface area contributed by atoms with E-state index in [1.54, 1.807) is 0 Å². The van der Waals surface area contributed by atoms with Crippen LogP contribution in [0.5, 0.6) is 5.75 Å². The second-order valence-corrected chi connectivity index (χ2v) is 2.39. The van der Waals surface area contributed by atoms with Crippen molar-refractivity contribution < 1.29 is 4.84 Å². The number of thiocarbonyl (C=S) groups is 1. The lowest BCUT2D eigenvalue weighted by Gasteiger charge is -2.01. The molecular weight excluding hydrogens is 158 g/mol. The molecule has 0 fully saturated rings. The average Bonchev–Trinajstić information content (AvgIpc) is 2.04. The van der Waals surface area contributed by atoms with E-state index in [2.05, 4.69) is 17.7 Å². The maximum absolute atomic E-state index is 5.00. The van der Waals surface area contributed by atoms with E-state index in [0.29, 0.717) is 0 Å². The highest BCUT2D eigenvalue weighted by atomic mass is 32.1. The molecule has 0 saturated carbocycles. The van der Waals surface area contributed by atoms with Gasteiger partial charge in [0.05, 0.1) is 5.49 Å². The Hall–Kier alpha value is -1.09. The van der Waals surface area contributed by atoms with Crippen LogP contribution in [0.4, 0.5) is 0 Å². The summed E-state index contributed by atoms with van der Waals surface area (Å²) < 4.78 is 0. The van der Waals surface area contributed by atoms with Crippen LogP contribution in [0.15, 0.2) is 24.3 Å². The number of benzene rings is 1. The summed E-state index contributed by atoms with van der Waals surface area (Å²) in [6.45, 7) is 2.02. The lowest BCUT2D eigenvalue weighted by molar-refractivity contribution is 0.269. The highest BCUT2D eigenvalue weighted by molar-refractivity contribution is 7.78. The van der Waals surface area contributed by atoms with Crippen LogP contribution in [0.1, 0.15) is 5.56 Å². The van der Waals surface area contributed by atoms with E-state index in [9.17, 15) is 0 Å². The van der Waals surface area contributed by atoms with Crippen LogP contribution in [0, 0.1) is 6.92 Å². The lowest BCUT2D eigenvalue weighted by atomic mass is 10.2. The molecule has 0 aliphatic heterocycles. The van der Waals surface area contributed by atoms with Gasteiger partial charge in [0.1, 0.15) is 0 Å². The van der Waals surface area contributed by atoms with Gasteiger partial charge in [0.25, 0.3) is 0 Å². The molecule has 0 spiro atoms. The minimum atomic E-state index is 0.761. The molecule has 0 amide bonds. The molecule has 3 heteroatoms. The predicted molar refractivity (Wildman–Crippen MR) is 48.6 cm³/mol. The largest absolute Gasteiger partial charge is 0.382 e. The molecule has 0 saturated heterocycles. The molecule has 1 aromatic carbocycles. The SMILES string of the molecule is Cc1ccc(ONC=S)cc1. The Bertz CT molecular complexity index is 232. The van der Waals surface area contributed by atoms with E-state index in [1.165, 1.54) is 11.1 Å². The second-order valence-electron chi connectivity index (χ2n) is 2.15. The zero-order valence-corrected chi connectivity index (χ0v) is 7.02. The van der Waals surface area contributed by atoms with Gasteiger partial charge in [-0.25, -0.2) is 5.48 Å². The third kappa shape index (κ3) is 2.55. The van der Waals surface area contributed by atoms with Crippen LogP contribution in [0.25, 0.3) is 0 Å². The highest BCUT2D eigenvalue weighted by Gasteiger charge is 1.89. The van der Waals surface area contributed by atoms with Crippen molar-refractivity contribution in [2.45, 2.75) is 6.92 Å². The van der Waals surface area contributed by atoms with Gasteiger partial charge >= 0.3 is 0 Å². The number of hydrogen-bond donors (Lipinski definition) is 1. The molecule has 0 aliphatic rings. The fourth-order valence-corrected chi connectivity index (χ4v) is 0.747. The van der Waals surface area contributed by atoms with Crippen LogP contribution < -0.4 is 10.3 Å². The van der Waals surface area contributed by atoms with Crippen molar-refractivity contribution in [1.29, 1.82) is 0 Å². The molecule has 1 N–H and O–H groups in total. The van der Waals surface area contributed by atoms with Crippen LogP contribution in [-0.4, -0.2) is 5.49 Å². The highest BCUT2D eigenvalue weighted by Crippen LogP contribution is 2.09. The first-order chi connectivity index (χ1) is 5.33. The van der Waals surface area contributed by atoms with Gasteiger partial charge in [-0.05, 0) is 19.1 Å². The first kappa shape index (κ1) is 8.01. The van der Waals surface area contributed by atoms with E-state index in [1.807, 2.05) is 31.2 Å². The average molecular weight is 167 g/mol. The Labute approximate surface area is 71.1 Å². The Balaban J connectivity index is 2.58. The molecule has 0 atom stereocenters. The third-order valence-corrected chi connectivity index (χ3v) is 1.34. The van der Waals surface area contributed by atoms with E-state index >= 15 is 0 Å². The first-order valence-corrected chi connectivity index (χ1v) is 3.73. The monoisotopic (exact) mass is 167 g/mol. The standard InChI is InChI=1S/C8H9NOS/c1-7-2-4-8(5-3-7)10-9-6-11/h2-6H,1H3,(H,9,11). The third-order valence-electron chi connectivity index (χ3n) is 1.25. The van der Waals surface area contributed by atoms with Gasteiger partial charge in [0.15, 0.2) is 5.75 Å². The molecule has 2 nitrogen and oxygen atoms in total. The number of rotatable bonds is 3. The molecule has 1 rings (SSSR count). The summed E-state index contributed by atoms with van der Waals surface area (Å²) in [5.41, 5.74) is 5.00. The molecule has 0 heterocycles. The number of aryl methyl sites for hydroxylation is 1. The van der Waals surface area contributed by atoms with Crippen molar-refractivity contribution >= 4 is 17.7 Å². The van der Waals surface area contributed by atoms with Gasteiger partial charge in [-0.1, -0.05) is 29.9 Å². The molecule has 0 aromatic heterocycles. The Morgan fingerprint density at radius 1 is 1.36 bits per heavy atom. The van der Waals surface area contributed by atoms with E-state index in [-0.39, 0.29) is 0 Å². The van der Waals surface area contributed by atoms with E-state index in [4.69, 9.17) is 4.84 Å². The van der Waals surface area contributed by atoms with Gasteiger partial charge in [0.2, 0.25) is 0 Å². The molecular formula is C8H9NOS. The van der Waals surface area contributed by atoms with E-state index < -0.39 is 0 Å². The Morgan fingerprint density at radius 2 is 2.00 bits per heavy atom. The summed E-state index contributed by atoms with van der Waals surface area (Å²) in [7, 11) is 0. The zero-order valence-electron chi connectivity index (χ0n) is 6.20. The fraction of sp³-hybridized carbons (Fsp3) is 0.125. The van der Waals surface area contributed by atoms with Crippen molar-refractivity contribution in [2.24, 2.45) is 0 Å². The van der Waals surface area contributed by atoms with Gasteiger partial charge in [-0.3, -0.25) is 0 Å². The van der Waals surface area contributed by atoms with Gasteiger partial charge < -0.3 is 4.84 Å². The molecule has 0 aliphatic carbocycles. The number of hydrogen-bond acceptors (Lipinski definition) is 2. The van der Waals surface area contributed by atoms with Crippen LogP contribution >= 0.6 is 12.2 Å². The molecule has 0 unspecified atom stereocenters. The van der Waals surface area contributed by atoms with Crippen molar-refractivity contribution in [3.8, 4) is 5.75 Å². The van der Waals surface area contributed by atoms with Gasteiger partial charge in [0, 0.05) is 0 Å². The first-order valence-electron chi connectivity index (χ1n) is 3.25. The Morgan fingerprint density at radius 3 is 2.55 bits per heavy atom. The van der Waals surface area contributed by atoms with E-state index in [0.717, 1.165) is 5.75 Å². The molecule has 1 aromatic rings. The quantitative estimate of drug-likeness (QED) is 0.548. The molecule has 11 heavy (non-hydrogen) atoms. The summed E-state index contributed by atoms with van der Waals surface area (Å²) in [5, 5.41) is 0. The van der Waals surface area contributed by atoms with Crippen LogP contribution in [0.3, 0.4) is 0 Å². The second kappa shape index (κ2) is 3.93. The van der Waals surface area contributed by atoms with Gasteiger partial charge in [-0.15, -0.1) is 0 Å². The molecule has 58 valence electrons. The minimum Gasteiger partial charge on any atom is -0.382 e. The number of hydroxylamine groups is 1. The van der Waals surface area contributed by atoms with Crippen molar-refractivity contribution in [3.05, 3.63) is 29.8 Å². The maximum atomic E-state index is 5.00. The molecule has 0 bridgehead atoms. The summed E-state index contributed by atoms with van der Waals surface area (Å²) in [6, 6.07) is 7.70. The predicted octanol–water partition coefficient (Wildman–Crippen LogP) is 1.84. The topological polar surface area (TPSA) is 21.3 Å².